The molecule has 8 nitrogen and oxygen atoms in total. The summed E-state index contributed by atoms with van der Waals surface area (Å²) in [6.45, 7) is 5.75. The zero-order valence-electron chi connectivity index (χ0n) is 16.6. The lowest BCUT2D eigenvalue weighted by Gasteiger charge is -2.06. The molecule has 0 fully saturated rings. The smallest absolute Gasteiger partial charge is 0.254 e. The number of hydrogen-bond donors (Lipinski definition) is 3. The molecule has 0 bridgehead atoms. The fourth-order valence-corrected chi connectivity index (χ4v) is 2.82. The van der Waals surface area contributed by atoms with Gasteiger partial charge in [0.1, 0.15) is 28.6 Å². The van der Waals surface area contributed by atoms with Crippen LogP contribution in [0.2, 0.25) is 0 Å². The van der Waals surface area contributed by atoms with Crippen molar-refractivity contribution in [3.63, 3.8) is 0 Å². The second-order valence-corrected chi connectivity index (χ2v) is 6.67. The van der Waals surface area contributed by atoms with Gasteiger partial charge in [0, 0.05) is 17.7 Å². The number of ether oxygens (including phenoxy) is 1. The van der Waals surface area contributed by atoms with Gasteiger partial charge in [-0.15, -0.1) is 0 Å². The van der Waals surface area contributed by atoms with Crippen molar-refractivity contribution in [2.75, 3.05) is 12.3 Å². The molecule has 0 spiro atoms. The summed E-state index contributed by atoms with van der Waals surface area (Å²) >= 11 is 0. The van der Waals surface area contributed by atoms with Gasteiger partial charge in [0.15, 0.2) is 0 Å². The average Bonchev–Trinajstić information content (AvgIpc) is 3.05. The van der Waals surface area contributed by atoms with Gasteiger partial charge in [0.2, 0.25) is 5.91 Å². The first-order chi connectivity index (χ1) is 14.4. The molecule has 2 amide bonds. The van der Waals surface area contributed by atoms with Gasteiger partial charge in [-0.3, -0.25) is 9.59 Å². The van der Waals surface area contributed by atoms with Crippen molar-refractivity contribution in [2.24, 2.45) is 5.73 Å². The third-order valence-electron chi connectivity index (χ3n) is 4.34. The Hall–Kier alpha value is -4.07. The Labute approximate surface area is 174 Å². The van der Waals surface area contributed by atoms with Gasteiger partial charge in [-0.2, -0.15) is 5.10 Å². The summed E-state index contributed by atoms with van der Waals surface area (Å²) in [5, 5.41) is 7.13. The summed E-state index contributed by atoms with van der Waals surface area (Å²) in [5.74, 6) is 0.565. The van der Waals surface area contributed by atoms with Crippen LogP contribution < -0.4 is 21.5 Å². The number of nitrogens with zero attached hydrogens (tertiary/aromatic N) is 2. The topological polar surface area (TPSA) is 125 Å². The lowest BCUT2D eigenvalue weighted by molar-refractivity contribution is -0.117. The molecule has 154 valence electrons. The number of nitrogens with two attached hydrogens (primary N) is 2. The minimum atomic E-state index is -0.677. The maximum atomic E-state index is 12.0. The monoisotopic (exact) mass is 405 g/mol. The van der Waals surface area contributed by atoms with Crippen molar-refractivity contribution in [1.82, 2.24) is 15.1 Å². The van der Waals surface area contributed by atoms with E-state index in [2.05, 4.69) is 17.0 Å². The molecular weight excluding hydrogens is 382 g/mol. The molecule has 0 atom stereocenters. The van der Waals surface area contributed by atoms with Crippen LogP contribution in [-0.2, 0) is 11.3 Å². The molecule has 0 aliphatic heterocycles. The number of hydrogen-bond acceptors (Lipinski definition) is 5. The van der Waals surface area contributed by atoms with Crippen LogP contribution >= 0.6 is 0 Å². The second-order valence-electron chi connectivity index (χ2n) is 6.67. The molecule has 0 aliphatic carbocycles. The standard InChI is InChI=1S/C22H23N5O3/c1-14(2)22(29)25-12-13-27-20(23)18(21(24)28)19(26-27)15-8-10-17(11-9-15)30-16-6-4-3-5-7-16/h3-11H,1,12-13,23H2,2H3,(H2,24,28)(H,25,29). The first-order valence-electron chi connectivity index (χ1n) is 9.30. The molecule has 0 unspecified atom stereocenters. The van der Waals surface area contributed by atoms with E-state index in [-0.39, 0.29) is 30.4 Å². The van der Waals surface area contributed by atoms with E-state index in [1.807, 2.05) is 30.3 Å². The van der Waals surface area contributed by atoms with E-state index in [1.54, 1.807) is 31.2 Å². The SMILES string of the molecule is C=C(C)C(=O)NCCn1nc(-c2ccc(Oc3ccccc3)cc2)c(C(N)=O)c1N. The number of amides is 2. The summed E-state index contributed by atoms with van der Waals surface area (Å²) in [4.78, 5) is 23.6. The lowest BCUT2D eigenvalue weighted by atomic mass is 10.1. The third-order valence-corrected chi connectivity index (χ3v) is 4.34. The van der Waals surface area contributed by atoms with E-state index in [1.165, 1.54) is 4.68 Å². The molecule has 0 saturated carbocycles. The van der Waals surface area contributed by atoms with E-state index >= 15 is 0 Å². The molecule has 0 radical (unpaired) electrons. The summed E-state index contributed by atoms with van der Waals surface area (Å²) in [7, 11) is 0. The molecule has 8 heteroatoms. The second kappa shape index (κ2) is 8.95. The molecule has 0 saturated heterocycles. The van der Waals surface area contributed by atoms with Crippen LogP contribution in [0.25, 0.3) is 11.3 Å². The number of rotatable bonds is 8. The Morgan fingerprint density at radius 1 is 1.10 bits per heavy atom. The molecule has 3 rings (SSSR count). The van der Waals surface area contributed by atoms with E-state index in [0.29, 0.717) is 28.3 Å². The average molecular weight is 405 g/mol. The van der Waals surface area contributed by atoms with Crippen molar-refractivity contribution in [3.8, 4) is 22.8 Å². The molecule has 1 aromatic heterocycles. The van der Waals surface area contributed by atoms with E-state index in [0.717, 1.165) is 0 Å². The summed E-state index contributed by atoms with van der Waals surface area (Å²) in [5.41, 5.74) is 13.2. The maximum absolute atomic E-state index is 12.0. The predicted octanol–water partition coefficient (Wildman–Crippen LogP) is 2.72. The van der Waals surface area contributed by atoms with E-state index in [4.69, 9.17) is 16.2 Å². The zero-order chi connectivity index (χ0) is 21.7. The lowest BCUT2D eigenvalue weighted by Crippen LogP contribution is -2.28. The number of carbonyl (C=O) groups excluding carboxylic acids is 2. The van der Waals surface area contributed by atoms with Crippen LogP contribution in [0.4, 0.5) is 5.82 Å². The van der Waals surface area contributed by atoms with Crippen molar-refractivity contribution >= 4 is 17.6 Å². The Morgan fingerprint density at radius 2 is 1.73 bits per heavy atom. The number of anilines is 1. The number of aromatic nitrogens is 2. The van der Waals surface area contributed by atoms with Crippen LogP contribution in [0.1, 0.15) is 17.3 Å². The number of para-hydroxylation sites is 1. The third kappa shape index (κ3) is 4.67. The van der Waals surface area contributed by atoms with E-state index in [9.17, 15) is 9.59 Å². The van der Waals surface area contributed by atoms with Gasteiger partial charge in [0.25, 0.3) is 5.91 Å². The maximum Gasteiger partial charge on any atom is 0.254 e. The van der Waals surface area contributed by atoms with Crippen molar-refractivity contribution in [1.29, 1.82) is 0 Å². The summed E-state index contributed by atoms with van der Waals surface area (Å²) in [6.07, 6.45) is 0. The molecule has 0 aliphatic rings. The normalized spacial score (nSPS) is 10.4. The van der Waals surface area contributed by atoms with Crippen molar-refractivity contribution in [2.45, 2.75) is 13.5 Å². The fraction of sp³-hybridized carbons (Fsp3) is 0.136. The molecular formula is C22H23N5O3. The number of nitrogens with one attached hydrogen (secondary N) is 1. The molecule has 5 N–H and O–H groups in total. The fourth-order valence-electron chi connectivity index (χ4n) is 2.82. The highest BCUT2D eigenvalue weighted by atomic mass is 16.5. The van der Waals surface area contributed by atoms with Gasteiger partial charge in [-0.05, 0) is 43.3 Å². The number of primary amides is 1. The predicted molar refractivity (Wildman–Crippen MR) is 115 cm³/mol. The van der Waals surface area contributed by atoms with Crippen molar-refractivity contribution < 1.29 is 14.3 Å². The van der Waals surface area contributed by atoms with Gasteiger partial charge in [-0.1, -0.05) is 24.8 Å². The summed E-state index contributed by atoms with van der Waals surface area (Å²) in [6, 6.07) is 16.5. The van der Waals surface area contributed by atoms with Gasteiger partial charge >= 0.3 is 0 Å². The van der Waals surface area contributed by atoms with Crippen LogP contribution in [0.5, 0.6) is 11.5 Å². The summed E-state index contributed by atoms with van der Waals surface area (Å²) < 4.78 is 7.23. The van der Waals surface area contributed by atoms with Crippen LogP contribution in [0.3, 0.4) is 0 Å². The van der Waals surface area contributed by atoms with Crippen LogP contribution in [0, 0.1) is 0 Å². The van der Waals surface area contributed by atoms with Gasteiger partial charge < -0.3 is 21.5 Å². The Bertz CT molecular complexity index is 1070. The number of carbonyl (C=O) groups is 2. The Balaban J connectivity index is 1.81. The number of nitrogen functional groups attached to an aromatic ring is 1. The van der Waals surface area contributed by atoms with Gasteiger partial charge in [-0.25, -0.2) is 4.68 Å². The first kappa shape index (κ1) is 20.7. The Morgan fingerprint density at radius 3 is 2.33 bits per heavy atom. The highest BCUT2D eigenvalue weighted by Gasteiger charge is 2.21. The molecule has 1 heterocycles. The minimum absolute atomic E-state index is 0.137. The number of benzene rings is 2. The Kier molecular flexibility index (Phi) is 6.17. The van der Waals surface area contributed by atoms with Gasteiger partial charge in [0.05, 0.1) is 6.54 Å². The zero-order valence-corrected chi connectivity index (χ0v) is 16.6. The van der Waals surface area contributed by atoms with E-state index < -0.39 is 5.91 Å². The van der Waals surface area contributed by atoms with Crippen LogP contribution in [0.15, 0.2) is 66.7 Å². The first-order valence-corrected chi connectivity index (χ1v) is 9.30. The molecule has 30 heavy (non-hydrogen) atoms. The largest absolute Gasteiger partial charge is 0.457 e. The van der Waals surface area contributed by atoms with Crippen molar-refractivity contribution in [3.05, 3.63) is 72.3 Å². The quantitative estimate of drug-likeness (QED) is 0.497. The highest BCUT2D eigenvalue weighted by Crippen LogP contribution is 2.29. The highest BCUT2D eigenvalue weighted by molar-refractivity contribution is 6.03. The van der Waals surface area contributed by atoms with Crippen LogP contribution in [-0.4, -0.2) is 28.1 Å². The minimum Gasteiger partial charge on any atom is -0.457 e. The molecule has 2 aromatic carbocycles. The molecule has 3 aromatic rings.